The molecule has 0 bridgehead atoms. The number of aliphatic hydroxyl groups is 1. The Bertz CT molecular complexity index is 271. The van der Waals surface area contributed by atoms with Crippen LogP contribution in [0.4, 0.5) is 0 Å². The molecule has 3 nitrogen and oxygen atoms in total. The lowest BCUT2D eigenvalue weighted by molar-refractivity contribution is 0.00665. The summed E-state index contributed by atoms with van der Waals surface area (Å²) in [5.74, 6) is 0.561. The van der Waals surface area contributed by atoms with Crippen molar-refractivity contribution in [1.82, 2.24) is 10.2 Å². The van der Waals surface area contributed by atoms with Gasteiger partial charge in [-0.1, -0.05) is 47.5 Å². The van der Waals surface area contributed by atoms with E-state index in [1.807, 2.05) is 0 Å². The van der Waals surface area contributed by atoms with E-state index in [0.29, 0.717) is 5.92 Å². The zero-order valence-electron chi connectivity index (χ0n) is 14.3. The van der Waals surface area contributed by atoms with Gasteiger partial charge in [-0.05, 0) is 37.3 Å². The van der Waals surface area contributed by atoms with Gasteiger partial charge in [0.15, 0.2) is 0 Å². The lowest BCUT2D eigenvalue weighted by Crippen LogP contribution is -2.60. The maximum Gasteiger partial charge on any atom is 0.0616 e. The fourth-order valence-corrected chi connectivity index (χ4v) is 3.96. The molecule has 0 aliphatic heterocycles. The molecule has 0 spiro atoms. The summed E-state index contributed by atoms with van der Waals surface area (Å²) in [7, 11) is 0. The molecule has 0 heterocycles. The maximum absolute atomic E-state index is 10.1. The highest BCUT2D eigenvalue weighted by molar-refractivity contribution is 5.01. The molecule has 1 aliphatic rings. The Morgan fingerprint density at radius 1 is 1.20 bits per heavy atom. The summed E-state index contributed by atoms with van der Waals surface area (Å²) in [4.78, 5) is 2.44. The monoisotopic (exact) mass is 284 g/mol. The molecule has 2 atom stereocenters. The van der Waals surface area contributed by atoms with Crippen molar-refractivity contribution in [3.05, 3.63) is 0 Å². The Balaban J connectivity index is 2.67. The third-order valence-corrected chi connectivity index (χ3v) is 5.16. The van der Waals surface area contributed by atoms with Crippen LogP contribution in [-0.4, -0.2) is 48.3 Å². The Morgan fingerprint density at radius 2 is 1.85 bits per heavy atom. The fraction of sp³-hybridized carbons (Fsp3) is 1.00. The van der Waals surface area contributed by atoms with Crippen LogP contribution in [0.5, 0.6) is 0 Å². The standard InChI is InChI=1S/C17H36N2O/c1-6-19(7-2)13-12-18-17(14-20)11-9-8-10-15(17)16(3,4)5/h15,18,20H,6-14H2,1-5H3. The molecule has 0 aromatic rings. The molecule has 1 saturated carbocycles. The van der Waals surface area contributed by atoms with E-state index in [9.17, 15) is 5.11 Å². The molecule has 20 heavy (non-hydrogen) atoms. The molecule has 0 amide bonds. The van der Waals surface area contributed by atoms with Crippen molar-refractivity contribution in [3.8, 4) is 0 Å². The molecule has 0 radical (unpaired) electrons. The van der Waals surface area contributed by atoms with Gasteiger partial charge in [0.05, 0.1) is 6.61 Å². The first-order valence-electron chi connectivity index (χ1n) is 8.48. The predicted molar refractivity (Wildman–Crippen MR) is 87.0 cm³/mol. The Kier molecular flexibility index (Phi) is 6.96. The van der Waals surface area contributed by atoms with Gasteiger partial charge in [-0.15, -0.1) is 0 Å². The first kappa shape index (κ1) is 17.9. The minimum Gasteiger partial charge on any atom is -0.394 e. The van der Waals surface area contributed by atoms with Crippen LogP contribution in [0, 0.1) is 11.3 Å². The average molecular weight is 284 g/mol. The fourth-order valence-electron chi connectivity index (χ4n) is 3.96. The number of nitrogens with zero attached hydrogens (tertiary/aromatic N) is 1. The van der Waals surface area contributed by atoms with Crippen molar-refractivity contribution < 1.29 is 5.11 Å². The van der Waals surface area contributed by atoms with Gasteiger partial charge in [0, 0.05) is 18.6 Å². The largest absolute Gasteiger partial charge is 0.394 e. The molecule has 2 unspecified atom stereocenters. The number of likely N-dealkylation sites (N-methyl/N-ethyl adjacent to an activating group) is 1. The molecule has 2 N–H and O–H groups in total. The van der Waals surface area contributed by atoms with Crippen LogP contribution >= 0.6 is 0 Å². The van der Waals surface area contributed by atoms with Crippen LogP contribution in [0.2, 0.25) is 0 Å². The minimum absolute atomic E-state index is 0.0658. The smallest absolute Gasteiger partial charge is 0.0616 e. The van der Waals surface area contributed by atoms with Crippen molar-refractivity contribution in [2.75, 3.05) is 32.8 Å². The molecular formula is C17H36N2O. The van der Waals surface area contributed by atoms with Crippen LogP contribution in [0.1, 0.15) is 60.3 Å². The van der Waals surface area contributed by atoms with Gasteiger partial charge < -0.3 is 15.3 Å². The zero-order chi connectivity index (χ0) is 15.2. The van der Waals surface area contributed by atoms with E-state index >= 15 is 0 Å². The van der Waals surface area contributed by atoms with E-state index in [0.717, 1.165) is 32.6 Å². The molecular weight excluding hydrogens is 248 g/mol. The second kappa shape index (κ2) is 7.77. The molecule has 120 valence electrons. The highest BCUT2D eigenvalue weighted by atomic mass is 16.3. The first-order valence-corrected chi connectivity index (χ1v) is 8.48. The molecule has 0 aromatic carbocycles. The van der Waals surface area contributed by atoms with Crippen LogP contribution in [0.3, 0.4) is 0 Å². The van der Waals surface area contributed by atoms with E-state index in [2.05, 4.69) is 44.8 Å². The number of aliphatic hydroxyl groups excluding tert-OH is 1. The Morgan fingerprint density at radius 3 is 2.35 bits per heavy atom. The van der Waals surface area contributed by atoms with E-state index in [1.165, 1.54) is 19.3 Å². The summed E-state index contributed by atoms with van der Waals surface area (Å²) >= 11 is 0. The number of hydrogen-bond donors (Lipinski definition) is 2. The summed E-state index contributed by atoms with van der Waals surface area (Å²) in [5.41, 5.74) is 0.189. The zero-order valence-corrected chi connectivity index (χ0v) is 14.3. The average Bonchev–Trinajstić information content (AvgIpc) is 2.43. The van der Waals surface area contributed by atoms with E-state index in [1.54, 1.807) is 0 Å². The van der Waals surface area contributed by atoms with Gasteiger partial charge in [-0.25, -0.2) is 0 Å². The molecule has 1 rings (SSSR count). The summed E-state index contributed by atoms with van der Waals surface area (Å²) in [5, 5.41) is 13.8. The van der Waals surface area contributed by atoms with Crippen LogP contribution < -0.4 is 5.32 Å². The second-order valence-electron chi connectivity index (χ2n) is 7.43. The molecule has 3 heteroatoms. The Labute approximate surface area is 126 Å². The number of rotatable bonds is 7. The molecule has 0 aromatic heterocycles. The summed E-state index contributed by atoms with van der Waals surface area (Å²) < 4.78 is 0. The quantitative estimate of drug-likeness (QED) is 0.754. The predicted octanol–water partition coefficient (Wildman–Crippen LogP) is 2.89. The van der Waals surface area contributed by atoms with Gasteiger partial charge in [0.2, 0.25) is 0 Å². The highest BCUT2D eigenvalue weighted by Crippen LogP contribution is 2.44. The summed E-state index contributed by atoms with van der Waals surface area (Å²) in [6.45, 7) is 15.9. The van der Waals surface area contributed by atoms with Crippen LogP contribution in [-0.2, 0) is 0 Å². The van der Waals surface area contributed by atoms with Crippen molar-refractivity contribution in [2.45, 2.75) is 65.8 Å². The van der Waals surface area contributed by atoms with Gasteiger partial charge in [-0.3, -0.25) is 0 Å². The van der Waals surface area contributed by atoms with Gasteiger partial charge in [0.1, 0.15) is 0 Å². The Hall–Kier alpha value is -0.120. The highest BCUT2D eigenvalue weighted by Gasteiger charge is 2.45. The minimum atomic E-state index is -0.0658. The van der Waals surface area contributed by atoms with Crippen LogP contribution in [0.25, 0.3) is 0 Å². The molecule has 0 saturated heterocycles. The second-order valence-corrected chi connectivity index (χ2v) is 7.43. The van der Waals surface area contributed by atoms with Crippen molar-refractivity contribution in [3.63, 3.8) is 0 Å². The normalized spacial score (nSPS) is 28.1. The van der Waals surface area contributed by atoms with Crippen LogP contribution in [0.15, 0.2) is 0 Å². The summed E-state index contributed by atoms with van der Waals surface area (Å²) in [6.07, 6.45) is 4.90. The first-order chi connectivity index (χ1) is 9.39. The van der Waals surface area contributed by atoms with E-state index in [4.69, 9.17) is 0 Å². The maximum atomic E-state index is 10.1. The van der Waals surface area contributed by atoms with Gasteiger partial charge in [0.25, 0.3) is 0 Å². The van der Waals surface area contributed by atoms with Crippen molar-refractivity contribution >= 4 is 0 Å². The molecule has 1 aliphatic carbocycles. The van der Waals surface area contributed by atoms with Crippen molar-refractivity contribution in [1.29, 1.82) is 0 Å². The lowest BCUT2D eigenvalue weighted by atomic mass is 9.62. The SMILES string of the molecule is CCN(CC)CCNC1(CO)CCCCC1C(C)(C)C. The third kappa shape index (κ3) is 4.44. The number of nitrogens with one attached hydrogen (secondary N) is 1. The van der Waals surface area contributed by atoms with Crippen molar-refractivity contribution in [2.24, 2.45) is 11.3 Å². The molecule has 1 fully saturated rings. The topological polar surface area (TPSA) is 35.5 Å². The third-order valence-electron chi connectivity index (χ3n) is 5.16. The lowest BCUT2D eigenvalue weighted by Gasteiger charge is -2.50. The number of hydrogen-bond acceptors (Lipinski definition) is 3. The summed E-state index contributed by atoms with van der Waals surface area (Å²) in [6, 6.07) is 0. The van der Waals surface area contributed by atoms with E-state index < -0.39 is 0 Å². The van der Waals surface area contributed by atoms with Gasteiger partial charge >= 0.3 is 0 Å². The van der Waals surface area contributed by atoms with E-state index in [-0.39, 0.29) is 17.6 Å². The van der Waals surface area contributed by atoms with Gasteiger partial charge in [-0.2, -0.15) is 0 Å².